The summed E-state index contributed by atoms with van der Waals surface area (Å²) in [7, 11) is 3.20. The minimum absolute atomic E-state index is 0.118. The molecule has 2 amide bonds. The first-order valence-corrected chi connectivity index (χ1v) is 9.51. The molecule has 29 heavy (non-hydrogen) atoms. The monoisotopic (exact) mass is 390 g/mol. The van der Waals surface area contributed by atoms with Gasteiger partial charge in [-0.2, -0.15) is 0 Å². The number of methoxy groups -OCH3 is 2. The fourth-order valence-corrected chi connectivity index (χ4v) is 3.09. The van der Waals surface area contributed by atoms with Gasteiger partial charge < -0.3 is 19.7 Å². The van der Waals surface area contributed by atoms with Gasteiger partial charge in [-0.05, 0) is 28.8 Å². The maximum absolute atomic E-state index is 13.0. The molecule has 0 radical (unpaired) electrons. The van der Waals surface area contributed by atoms with E-state index in [4.69, 9.17) is 9.47 Å². The Morgan fingerprint density at radius 3 is 1.83 bits per heavy atom. The number of rotatable bonds is 8. The van der Waals surface area contributed by atoms with Crippen molar-refractivity contribution >= 4 is 6.03 Å². The highest BCUT2D eigenvalue weighted by atomic mass is 16.5. The lowest BCUT2D eigenvalue weighted by Gasteiger charge is -2.23. The molecule has 3 aromatic rings. The Kier molecular flexibility index (Phi) is 7.11. The minimum Gasteiger partial charge on any atom is -0.493 e. The molecule has 0 atom stereocenters. The van der Waals surface area contributed by atoms with Gasteiger partial charge >= 0.3 is 6.03 Å². The van der Waals surface area contributed by atoms with Crippen molar-refractivity contribution in [3.8, 4) is 11.5 Å². The first kappa shape index (κ1) is 20.3. The van der Waals surface area contributed by atoms with Crippen LogP contribution in [-0.4, -0.2) is 25.2 Å². The molecule has 0 aliphatic heterocycles. The smallest absolute Gasteiger partial charge is 0.318 e. The Balaban J connectivity index is 1.70. The topological polar surface area (TPSA) is 50.8 Å². The van der Waals surface area contributed by atoms with Crippen molar-refractivity contribution in [1.82, 2.24) is 10.2 Å². The molecule has 0 aliphatic rings. The predicted octanol–water partition coefficient (Wildman–Crippen LogP) is 4.62. The highest BCUT2D eigenvalue weighted by Crippen LogP contribution is 2.27. The van der Waals surface area contributed by atoms with E-state index in [-0.39, 0.29) is 6.03 Å². The van der Waals surface area contributed by atoms with Crippen LogP contribution in [0.3, 0.4) is 0 Å². The molecule has 0 spiro atoms. The Hall–Kier alpha value is -3.47. The summed E-state index contributed by atoms with van der Waals surface area (Å²) in [4.78, 5) is 14.8. The third kappa shape index (κ3) is 5.75. The summed E-state index contributed by atoms with van der Waals surface area (Å²) in [5.41, 5.74) is 3.12. The number of hydrogen-bond acceptors (Lipinski definition) is 3. The van der Waals surface area contributed by atoms with Gasteiger partial charge in [-0.3, -0.25) is 0 Å². The van der Waals surface area contributed by atoms with Crippen LogP contribution in [-0.2, 0) is 19.6 Å². The van der Waals surface area contributed by atoms with Gasteiger partial charge in [-0.25, -0.2) is 4.79 Å². The summed E-state index contributed by atoms with van der Waals surface area (Å²) < 4.78 is 10.6. The van der Waals surface area contributed by atoms with Gasteiger partial charge in [0, 0.05) is 19.6 Å². The van der Waals surface area contributed by atoms with Gasteiger partial charge in [0.05, 0.1) is 14.2 Å². The number of urea groups is 1. The highest BCUT2D eigenvalue weighted by Gasteiger charge is 2.15. The quantitative estimate of drug-likeness (QED) is 0.611. The summed E-state index contributed by atoms with van der Waals surface area (Å²) in [6, 6.07) is 25.5. The van der Waals surface area contributed by atoms with E-state index in [1.165, 1.54) is 0 Å². The van der Waals surface area contributed by atoms with E-state index >= 15 is 0 Å². The summed E-state index contributed by atoms with van der Waals surface area (Å²) in [5.74, 6) is 1.31. The van der Waals surface area contributed by atoms with Gasteiger partial charge in [-0.1, -0.05) is 66.7 Å². The lowest BCUT2D eigenvalue weighted by Crippen LogP contribution is -2.38. The van der Waals surface area contributed by atoms with Crippen molar-refractivity contribution in [2.24, 2.45) is 0 Å². The molecule has 1 N–H and O–H groups in total. The number of hydrogen-bond donors (Lipinski definition) is 1. The molecule has 0 unspecified atom stereocenters. The first-order valence-electron chi connectivity index (χ1n) is 9.51. The van der Waals surface area contributed by atoms with Gasteiger partial charge in [0.15, 0.2) is 11.5 Å². The molecule has 3 rings (SSSR count). The Labute approximate surface area is 171 Å². The van der Waals surface area contributed by atoms with Crippen LogP contribution in [0.5, 0.6) is 11.5 Å². The van der Waals surface area contributed by atoms with E-state index in [9.17, 15) is 4.79 Å². The SMILES string of the molecule is COc1ccc(CNC(=O)N(Cc2ccccc2)Cc2ccccc2)cc1OC. The summed E-state index contributed by atoms with van der Waals surface area (Å²) >= 11 is 0. The third-order valence-corrected chi connectivity index (χ3v) is 4.61. The molecule has 0 fully saturated rings. The maximum Gasteiger partial charge on any atom is 0.318 e. The van der Waals surface area contributed by atoms with Gasteiger partial charge in [0.2, 0.25) is 0 Å². The summed E-state index contributed by atoms with van der Waals surface area (Å²) in [5, 5.41) is 3.02. The lowest BCUT2D eigenvalue weighted by molar-refractivity contribution is 0.192. The molecule has 0 saturated carbocycles. The van der Waals surface area contributed by atoms with E-state index in [0.717, 1.165) is 16.7 Å². The number of nitrogens with zero attached hydrogens (tertiary/aromatic N) is 1. The second-order valence-corrected chi connectivity index (χ2v) is 6.68. The van der Waals surface area contributed by atoms with Crippen LogP contribution in [0.1, 0.15) is 16.7 Å². The number of ether oxygens (including phenoxy) is 2. The van der Waals surface area contributed by atoms with Crippen LogP contribution in [0.15, 0.2) is 78.9 Å². The van der Waals surface area contributed by atoms with Crippen LogP contribution in [0.4, 0.5) is 4.79 Å². The largest absolute Gasteiger partial charge is 0.493 e. The van der Waals surface area contributed by atoms with Crippen LogP contribution in [0.25, 0.3) is 0 Å². The van der Waals surface area contributed by atoms with Gasteiger partial charge in [-0.15, -0.1) is 0 Å². The Bertz CT molecular complexity index is 872. The van der Waals surface area contributed by atoms with Gasteiger partial charge in [0.25, 0.3) is 0 Å². The molecule has 3 aromatic carbocycles. The predicted molar refractivity (Wildman–Crippen MR) is 114 cm³/mol. The Morgan fingerprint density at radius 1 is 0.759 bits per heavy atom. The average molecular weight is 390 g/mol. The number of carbonyl (C=O) groups excluding carboxylic acids is 1. The number of benzene rings is 3. The molecular weight excluding hydrogens is 364 g/mol. The second-order valence-electron chi connectivity index (χ2n) is 6.68. The number of carbonyl (C=O) groups is 1. The normalized spacial score (nSPS) is 10.3. The van der Waals surface area contributed by atoms with Crippen LogP contribution < -0.4 is 14.8 Å². The second kappa shape index (κ2) is 10.2. The summed E-state index contributed by atoms with van der Waals surface area (Å²) in [6.45, 7) is 1.47. The van der Waals surface area contributed by atoms with Crippen molar-refractivity contribution in [2.75, 3.05) is 14.2 Å². The fraction of sp³-hybridized carbons (Fsp3) is 0.208. The summed E-state index contributed by atoms with van der Waals surface area (Å²) in [6.07, 6.45) is 0. The van der Waals surface area contributed by atoms with Crippen LogP contribution in [0, 0.1) is 0 Å². The van der Waals surface area contributed by atoms with E-state index < -0.39 is 0 Å². The van der Waals surface area contributed by atoms with Crippen LogP contribution >= 0.6 is 0 Å². The standard InChI is InChI=1S/C24H26N2O3/c1-28-22-14-13-21(15-23(22)29-2)16-25-24(27)26(17-19-9-5-3-6-10-19)18-20-11-7-4-8-12-20/h3-15H,16-18H2,1-2H3,(H,25,27). The van der Waals surface area contributed by atoms with E-state index in [1.807, 2.05) is 83.8 Å². The molecule has 0 bridgehead atoms. The van der Waals surface area contributed by atoms with Crippen molar-refractivity contribution in [3.63, 3.8) is 0 Å². The molecule has 0 aliphatic carbocycles. The fourth-order valence-electron chi connectivity index (χ4n) is 3.09. The molecule has 0 heterocycles. The average Bonchev–Trinajstić information content (AvgIpc) is 2.78. The van der Waals surface area contributed by atoms with E-state index in [2.05, 4.69) is 5.32 Å². The molecule has 0 saturated heterocycles. The van der Waals surface area contributed by atoms with Gasteiger partial charge in [0.1, 0.15) is 0 Å². The lowest BCUT2D eigenvalue weighted by atomic mass is 10.1. The van der Waals surface area contributed by atoms with E-state index in [1.54, 1.807) is 14.2 Å². The third-order valence-electron chi connectivity index (χ3n) is 4.61. The minimum atomic E-state index is -0.118. The van der Waals surface area contributed by atoms with Crippen molar-refractivity contribution in [1.29, 1.82) is 0 Å². The van der Waals surface area contributed by atoms with Crippen molar-refractivity contribution < 1.29 is 14.3 Å². The zero-order valence-electron chi connectivity index (χ0n) is 16.8. The highest BCUT2D eigenvalue weighted by molar-refractivity contribution is 5.74. The van der Waals surface area contributed by atoms with Crippen molar-refractivity contribution in [3.05, 3.63) is 95.6 Å². The zero-order valence-corrected chi connectivity index (χ0v) is 16.8. The number of nitrogens with one attached hydrogen (secondary N) is 1. The van der Waals surface area contributed by atoms with E-state index in [0.29, 0.717) is 31.1 Å². The van der Waals surface area contributed by atoms with Crippen LogP contribution in [0.2, 0.25) is 0 Å². The molecular formula is C24H26N2O3. The molecule has 5 nitrogen and oxygen atoms in total. The zero-order chi connectivity index (χ0) is 20.5. The Morgan fingerprint density at radius 2 is 1.31 bits per heavy atom. The first-order chi connectivity index (χ1) is 14.2. The molecule has 0 aromatic heterocycles. The van der Waals surface area contributed by atoms with Crippen molar-refractivity contribution in [2.45, 2.75) is 19.6 Å². The molecule has 5 heteroatoms. The number of amides is 2. The maximum atomic E-state index is 13.0. The molecule has 150 valence electrons.